The normalized spacial score (nSPS) is 11.8. The molecule has 2 aromatic rings. The minimum Gasteiger partial charge on any atom is -0.497 e. The van der Waals surface area contributed by atoms with Gasteiger partial charge in [-0.2, -0.15) is 0 Å². The van der Waals surface area contributed by atoms with Crippen molar-refractivity contribution in [2.45, 2.75) is 19.3 Å². The highest BCUT2D eigenvalue weighted by molar-refractivity contribution is 5.81. The molecule has 1 unspecified atom stereocenters. The second-order valence-corrected chi connectivity index (χ2v) is 5.49. The van der Waals surface area contributed by atoms with Crippen LogP contribution >= 0.6 is 0 Å². The van der Waals surface area contributed by atoms with Crippen LogP contribution in [0.25, 0.3) is 0 Å². The maximum atomic E-state index is 11.9. The van der Waals surface area contributed by atoms with E-state index in [0.29, 0.717) is 13.2 Å². The Morgan fingerprint density at radius 2 is 1.64 bits per heavy atom. The summed E-state index contributed by atoms with van der Waals surface area (Å²) < 4.78 is 16.0. The highest BCUT2D eigenvalue weighted by Gasteiger charge is 2.13. The number of amides is 1. The Bertz CT molecular complexity index is 632. The van der Waals surface area contributed by atoms with E-state index < -0.39 is 6.04 Å². The summed E-state index contributed by atoms with van der Waals surface area (Å²) in [7, 11) is 1.62. The van der Waals surface area contributed by atoms with Gasteiger partial charge in [-0.05, 0) is 23.3 Å². The van der Waals surface area contributed by atoms with Crippen molar-refractivity contribution in [1.29, 1.82) is 0 Å². The number of methoxy groups -OCH3 is 1. The van der Waals surface area contributed by atoms with Gasteiger partial charge in [-0.15, -0.1) is 0 Å². The molecule has 0 aliphatic carbocycles. The van der Waals surface area contributed by atoms with Crippen LogP contribution in [0.5, 0.6) is 5.75 Å². The molecular formula is C19H24N2O4. The minimum atomic E-state index is -0.728. The van der Waals surface area contributed by atoms with Gasteiger partial charge in [-0.25, -0.2) is 0 Å². The number of nitrogens with one attached hydrogen (secondary N) is 1. The number of benzene rings is 2. The predicted molar refractivity (Wildman–Crippen MR) is 94.9 cm³/mol. The maximum Gasteiger partial charge on any atom is 0.241 e. The van der Waals surface area contributed by atoms with E-state index in [1.807, 2.05) is 54.6 Å². The number of ether oxygens (including phenoxy) is 3. The van der Waals surface area contributed by atoms with Crippen LogP contribution in [0, 0.1) is 0 Å². The summed E-state index contributed by atoms with van der Waals surface area (Å²) in [6, 6.07) is 16.5. The number of rotatable bonds is 10. The Morgan fingerprint density at radius 3 is 2.32 bits per heavy atom. The van der Waals surface area contributed by atoms with Crippen LogP contribution in [0.3, 0.4) is 0 Å². The summed E-state index contributed by atoms with van der Waals surface area (Å²) in [5.41, 5.74) is 7.83. The van der Waals surface area contributed by atoms with Gasteiger partial charge < -0.3 is 25.3 Å². The van der Waals surface area contributed by atoms with E-state index in [0.717, 1.165) is 16.9 Å². The van der Waals surface area contributed by atoms with Crippen molar-refractivity contribution >= 4 is 5.91 Å². The van der Waals surface area contributed by atoms with Gasteiger partial charge in [0.2, 0.25) is 5.91 Å². The Labute approximate surface area is 147 Å². The van der Waals surface area contributed by atoms with Crippen molar-refractivity contribution in [1.82, 2.24) is 5.32 Å². The number of hydrogen-bond donors (Lipinski definition) is 2. The molecule has 0 radical (unpaired) electrons. The van der Waals surface area contributed by atoms with Gasteiger partial charge in [-0.3, -0.25) is 4.79 Å². The largest absolute Gasteiger partial charge is 0.497 e. The first-order chi connectivity index (χ1) is 12.2. The lowest BCUT2D eigenvalue weighted by atomic mass is 10.2. The van der Waals surface area contributed by atoms with Crippen LogP contribution in [0.1, 0.15) is 11.1 Å². The molecule has 6 nitrogen and oxygen atoms in total. The molecule has 0 aromatic heterocycles. The predicted octanol–water partition coefficient (Wildman–Crippen LogP) is 1.83. The fourth-order valence-electron chi connectivity index (χ4n) is 2.10. The molecule has 2 aromatic carbocycles. The molecular weight excluding hydrogens is 320 g/mol. The molecule has 1 atom stereocenters. The maximum absolute atomic E-state index is 11.9. The van der Waals surface area contributed by atoms with E-state index in [1.54, 1.807) is 7.11 Å². The Morgan fingerprint density at radius 1 is 1.00 bits per heavy atom. The Hall–Kier alpha value is -2.41. The van der Waals surface area contributed by atoms with E-state index in [4.69, 9.17) is 19.9 Å². The first-order valence-electron chi connectivity index (χ1n) is 8.04. The molecule has 0 bridgehead atoms. The zero-order valence-electron chi connectivity index (χ0n) is 14.3. The number of hydrogen-bond acceptors (Lipinski definition) is 5. The van der Waals surface area contributed by atoms with E-state index in [9.17, 15) is 4.79 Å². The molecule has 2 rings (SSSR count). The SMILES string of the molecule is COc1ccc(COCNC(=O)C(N)COCc2ccccc2)cc1. The number of carbonyl (C=O) groups is 1. The lowest BCUT2D eigenvalue weighted by molar-refractivity contribution is -0.125. The summed E-state index contributed by atoms with van der Waals surface area (Å²) in [6.45, 7) is 1.07. The van der Waals surface area contributed by atoms with Crippen molar-refractivity contribution in [2.75, 3.05) is 20.4 Å². The lowest BCUT2D eigenvalue weighted by Gasteiger charge is -2.13. The molecule has 0 fully saturated rings. The molecule has 0 aliphatic rings. The molecule has 0 saturated heterocycles. The van der Waals surface area contributed by atoms with Crippen LogP contribution < -0.4 is 15.8 Å². The zero-order chi connectivity index (χ0) is 17.9. The molecule has 0 heterocycles. The second kappa shape index (κ2) is 10.5. The summed E-state index contributed by atoms with van der Waals surface area (Å²) in [4.78, 5) is 11.9. The standard InChI is InChI=1S/C19H24N2O4/c1-23-17-9-7-16(8-10-17)12-25-14-21-19(22)18(20)13-24-11-15-5-3-2-4-6-15/h2-10,18H,11-14,20H2,1H3,(H,21,22). The second-order valence-electron chi connectivity index (χ2n) is 5.49. The van der Waals surface area contributed by atoms with Gasteiger partial charge in [0.1, 0.15) is 18.5 Å². The number of nitrogens with two attached hydrogens (primary N) is 1. The third kappa shape index (κ3) is 6.93. The highest BCUT2D eigenvalue weighted by atomic mass is 16.5. The summed E-state index contributed by atoms with van der Waals surface area (Å²) in [5, 5.41) is 2.63. The molecule has 6 heteroatoms. The van der Waals surface area contributed by atoms with Gasteiger partial charge in [0.05, 0.1) is 26.9 Å². The van der Waals surface area contributed by atoms with E-state index >= 15 is 0 Å². The third-order valence-electron chi connectivity index (χ3n) is 3.52. The summed E-state index contributed by atoms with van der Waals surface area (Å²) in [5.74, 6) is 0.487. The quantitative estimate of drug-likeness (QED) is 0.507. The smallest absolute Gasteiger partial charge is 0.241 e. The molecule has 3 N–H and O–H groups in total. The van der Waals surface area contributed by atoms with Crippen LogP contribution in [-0.2, 0) is 27.5 Å². The van der Waals surface area contributed by atoms with Crippen molar-refractivity contribution in [3.8, 4) is 5.75 Å². The Balaban J connectivity index is 1.59. The van der Waals surface area contributed by atoms with Crippen molar-refractivity contribution in [3.05, 3.63) is 65.7 Å². The van der Waals surface area contributed by atoms with E-state index in [1.165, 1.54) is 0 Å². The number of carbonyl (C=O) groups excluding carboxylic acids is 1. The monoisotopic (exact) mass is 344 g/mol. The first-order valence-corrected chi connectivity index (χ1v) is 8.04. The van der Waals surface area contributed by atoms with Gasteiger partial charge in [0.25, 0.3) is 0 Å². The first kappa shape index (κ1) is 18.9. The van der Waals surface area contributed by atoms with Crippen molar-refractivity contribution in [3.63, 3.8) is 0 Å². The van der Waals surface area contributed by atoms with E-state index in [-0.39, 0.29) is 19.2 Å². The molecule has 1 amide bonds. The molecule has 0 aliphatic heterocycles. The van der Waals surface area contributed by atoms with Gasteiger partial charge in [0, 0.05) is 0 Å². The zero-order valence-corrected chi connectivity index (χ0v) is 14.3. The van der Waals surface area contributed by atoms with Crippen LogP contribution in [0.2, 0.25) is 0 Å². The molecule has 0 saturated carbocycles. The van der Waals surface area contributed by atoms with Gasteiger partial charge in [-0.1, -0.05) is 42.5 Å². The lowest BCUT2D eigenvalue weighted by Crippen LogP contribution is -2.44. The fourth-order valence-corrected chi connectivity index (χ4v) is 2.10. The molecule has 134 valence electrons. The fraction of sp³-hybridized carbons (Fsp3) is 0.316. The minimum absolute atomic E-state index is 0.0945. The van der Waals surface area contributed by atoms with Crippen molar-refractivity contribution in [2.24, 2.45) is 5.73 Å². The van der Waals surface area contributed by atoms with Crippen LogP contribution in [0.4, 0.5) is 0 Å². The third-order valence-corrected chi connectivity index (χ3v) is 3.52. The van der Waals surface area contributed by atoms with Crippen LogP contribution in [0.15, 0.2) is 54.6 Å². The Kier molecular flexibility index (Phi) is 7.91. The highest BCUT2D eigenvalue weighted by Crippen LogP contribution is 2.11. The average Bonchev–Trinajstić information content (AvgIpc) is 2.66. The molecule has 0 spiro atoms. The van der Waals surface area contributed by atoms with Gasteiger partial charge in [0.15, 0.2) is 0 Å². The molecule has 25 heavy (non-hydrogen) atoms. The topological polar surface area (TPSA) is 82.8 Å². The van der Waals surface area contributed by atoms with Crippen LogP contribution in [-0.4, -0.2) is 32.4 Å². The van der Waals surface area contributed by atoms with Gasteiger partial charge >= 0.3 is 0 Å². The summed E-state index contributed by atoms with van der Waals surface area (Å²) in [6.07, 6.45) is 0. The van der Waals surface area contributed by atoms with Crippen molar-refractivity contribution < 1.29 is 19.0 Å². The van der Waals surface area contributed by atoms with E-state index in [2.05, 4.69) is 5.32 Å². The average molecular weight is 344 g/mol. The summed E-state index contributed by atoms with van der Waals surface area (Å²) >= 11 is 0.